The van der Waals surface area contributed by atoms with Gasteiger partial charge in [-0.2, -0.15) is 0 Å². The summed E-state index contributed by atoms with van der Waals surface area (Å²) < 4.78 is 4.93. The maximum absolute atomic E-state index is 11.5. The van der Waals surface area contributed by atoms with Gasteiger partial charge >= 0.3 is 5.97 Å². The highest BCUT2D eigenvalue weighted by Gasteiger charge is 2.50. The Morgan fingerprint density at radius 2 is 1.96 bits per heavy atom. The first kappa shape index (κ1) is 19.2. The summed E-state index contributed by atoms with van der Waals surface area (Å²) in [7, 11) is 0. The first-order chi connectivity index (χ1) is 11.8. The Kier molecular flexibility index (Phi) is 6.03. The molecule has 1 aromatic carbocycles. The molecule has 10 heteroatoms. The van der Waals surface area contributed by atoms with Gasteiger partial charge in [-0.05, 0) is 5.56 Å². The predicted octanol–water partition coefficient (Wildman–Crippen LogP) is -1.53. The van der Waals surface area contributed by atoms with E-state index < -0.39 is 49.3 Å². The summed E-state index contributed by atoms with van der Waals surface area (Å²) in [6, 6.07) is 7.05. The third-order valence-corrected chi connectivity index (χ3v) is 4.09. The number of carbonyl (C=O) groups is 1. The highest BCUT2D eigenvalue weighted by atomic mass is 16.6. The van der Waals surface area contributed by atoms with Crippen LogP contribution in [0.1, 0.15) is 5.56 Å². The Balaban J connectivity index is 2.18. The lowest BCUT2D eigenvalue weighted by Crippen LogP contribution is -2.65. The number of rotatable bonds is 7. The van der Waals surface area contributed by atoms with E-state index in [9.17, 15) is 35.2 Å². The van der Waals surface area contributed by atoms with Crippen LogP contribution >= 0.6 is 0 Å². The molecule has 1 unspecified atom stereocenters. The lowest BCUT2D eigenvalue weighted by Gasteiger charge is -2.43. The maximum Gasteiger partial charge on any atom is 0.328 e. The minimum absolute atomic E-state index is 0.0841. The number of aliphatic hydroxyl groups is 4. The second-order valence-corrected chi connectivity index (χ2v) is 5.88. The van der Waals surface area contributed by atoms with Crippen molar-refractivity contribution in [2.75, 3.05) is 13.2 Å². The van der Waals surface area contributed by atoms with Crippen LogP contribution in [0.25, 0.3) is 0 Å². The van der Waals surface area contributed by atoms with Gasteiger partial charge in [-0.1, -0.05) is 30.3 Å². The SMILES string of the molecule is O=NN(CC1(O)OC[C@@H](O)[C@@H](O)[C@@H]1O)[C@@H](Cc1ccccc1)C(=O)O. The van der Waals surface area contributed by atoms with Crippen LogP contribution < -0.4 is 0 Å². The van der Waals surface area contributed by atoms with Crippen LogP contribution in [0.5, 0.6) is 0 Å². The number of nitroso groups, excluding NO2 is 1. The number of hydrogen-bond donors (Lipinski definition) is 5. The zero-order chi connectivity index (χ0) is 18.6. The number of carboxylic acid groups (broad SMARTS) is 1. The Morgan fingerprint density at radius 1 is 1.32 bits per heavy atom. The molecule has 5 atom stereocenters. The second-order valence-electron chi connectivity index (χ2n) is 5.88. The van der Waals surface area contributed by atoms with Crippen LogP contribution in [0.3, 0.4) is 0 Å². The van der Waals surface area contributed by atoms with Crippen molar-refractivity contribution in [3.8, 4) is 0 Å². The highest BCUT2D eigenvalue weighted by molar-refractivity contribution is 5.73. The van der Waals surface area contributed by atoms with E-state index in [0.29, 0.717) is 10.6 Å². The van der Waals surface area contributed by atoms with E-state index in [2.05, 4.69) is 5.29 Å². The fraction of sp³-hybridized carbons (Fsp3) is 0.533. The van der Waals surface area contributed by atoms with Crippen LogP contribution in [0.15, 0.2) is 35.6 Å². The number of carboxylic acids is 1. The van der Waals surface area contributed by atoms with Crippen molar-refractivity contribution in [3.63, 3.8) is 0 Å². The fourth-order valence-corrected chi connectivity index (χ4v) is 2.62. The molecule has 0 radical (unpaired) electrons. The second kappa shape index (κ2) is 7.85. The molecule has 0 spiro atoms. The third-order valence-electron chi connectivity index (χ3n) is 4.09. The largest absolute Gasteiger partial charge is 0.480 e. The van der Waals surface area contributed by atoms with Gasteiger partial charge < -0.3 is 30.3 Å². The number of ether oxygens (including phenoxy) is 1. The Hall–Kier alpha value is -2.11. The van der Waals surface area contributed by atoms with E-state index in [-0.39, 0.29) is 6.42 Å². The van der Waals surface area contributed by atoms with Crippen molar-refractivity contribution in [1.29, 1.82) is 0 Å². The minimum atomic E-state index is -2.46. The van der Waals surface area contributed by atoms with Crippen molar-refractivity contribution in [1.82, 2.24) is 5.01 Å². The van der Waals surface area contributed by atoms with Crippen LogP contribution in [0, 0.1) is 4.91 Å². The molecule has 0 bridgehead atoms. The van der Waals surface area contributed by atoms with Crippen molar-refractivity contribution in [2.45, 2.75) is 36.6 Å². The highest BCUT2D eigenvalue weighted by Crippen LogP contribution is 2.26. The van der Waals surface area contributed by atoms with Crippen LogP contribution in [-0.2, 0) is 16.0 Å². The molecule has 138 valence electrons. The molecule has 1 fully saturated rings. The molecule has 10 nitrogen and oxygen atoms in total. The van der Waals surface area contributed by atoms with E-state index in [4.69, 9.17) is 4.74 Å². The Morgan fingerprint density at radius 3 is 2.52 bits per heavy atom. The van der Waals surface area contributed by atoms with Crippen molar-refractivity contribution in [3.05, 3.63) is 40.8 Å². The van der Waals surface area contributed by atoms with Gasteiger partial charge in [0, 0.05) is 6.42 Å². The van der Waals surface area contributed by atoms with Gasteiger partial charge in [-0.25, -0.2) is 9.80 Å². The third kappa shape index (κ3) is 4.30. The molecule has 1 aliphatic rings. The molecule has 1 aromatic rings. The molecule has 0 saturated carbocycles. The fourth-order valence-electron chi connectivity index (χ4n) is 2.62. The molecule has 5 N–H and O–H groups in total. The number of hydrogen-bond acceptors (Lipinski definition) is 8. The summed E-state index contributed by atoms with van der Waals surface area (Å²) in [4.78, 5) is 22.7. The van der Waals surface area contributed by atoms with Crippen molar-refractivity contribution < 1.29 is 35.1 Å². The number of nitrogens with zero attached hydrogens (tertiary/aromatic N) is 2. The molecule has 0 aliphatic carbocycles. The average molecular weight is 356 g/mol. The van der Waals surface area contributed by atoms with Gasteiger partial charge in [0.25, 0.3) is 0 Å². The van der Waals surface area contributed by atoms with Crippen LogP contribution in [-0.4, -0.2) is 79.8 Å². The van der Waals surface area contributed by atoms with Crippen LogP contribution in [0.2, 0.25) is 0 Å². The molecule has 1 saturated heterocycles. The van der Waals surface area contributed by atoms with Gasteiger partial charge in [-0.3, -0.25) is 0 Å². The normalized spacial score (nSPS) is 30.5. The summed E-state index contributed by atoms with van der Waals surface area (Å²) in [5.74, 6) is -3.82. The van der Waals surface area contributed by atoms with Gasteiger partial charge in [0.2, 0.25) is 5.79 Å². The number of aliphatic hydroxyl groups excluding tert-OH is 3. The topological polar surface area (TPSA) is 160 Å². The van der Waals surface area contributed by atoms with E-state index in [1.54, 1.807) is 30.3 Å². The molecule has 1 aliphatic heterocycles. The first-order valence-corrected chi connectivity index (χ1v) is 7.55. The Labute approximate surface area is 142 Å². The van der Waals surface area contributed by atoms with E-state index >= 15 is 0 Å². The molecule has 2 rings (SSSR count). The predicted molar refractivity (Wildman–Crippen MR) is 83.0 cm³/mol. The molecule has 25 heavy (non-hydrogen) atoms. The van der Waals surface area contributed by atoms with E-state index in [0.717, 1.165) is 0 Å². The summed E-state index contributed by atoms with van der Waals surface area (Å²) in [6.45, 7) is -1.30. The van der Waals surface area contributed by atoms with E-state index in [1.807, 2.05) is 0 Å². The summed E-state index contributed by atoms with van der Waals surface area (Å²) >= 11 is 0. The Bertz CT molecular complexity index is 600. The van der Waals surface area contributed by atoms with Gasteiger partial charge in [-0.15, -0.1) is 4.91 Å². The number of benzene rings is 1. The lowest BCUT2D eigenvalue weighted by atomic mass is 9.96. The quantitative estimate of drug-likeness (QED) is 0.288. The van der Waals surface area contributed by atoms with Crippen molar-refractivity contribution >= 4 is 5.97 Å². The summed E-state index contributed by atoms with van der Waals surface area (Å²) in [5.41, 5.74) is 0.621. The molecular weight excluding hydrogens is 336 g/mol. The lowest BCUT2D eigenvalue weighted by molar-refractivity contribution is -0.326. The number of aliphatic carboxylic acids is 1. The van der Waals surface area contributed by atoms with Crippen LogP contribution in [0.4, 0.5) is 0 Å². The standard InChI is InChI=1S/C15H20N2O8/c18-11-7-25-15(23,13(20)12(11)19)8-17(16-24)10(14(21)22)6-9-4-2-1-3-5-9/h1-5,10-13,18-20,23H,6-8H2,(H,21,22)/t10-,11+,12+,13-,15?/m0/s1. The smallest absolute Gasteiger partial charge is 0.328 e. The minimum Gasteiger partial charge on any atom is -0.480 e. The summed E-state index contributed by atoms with van der Waals surface area (Å²) in [5, 5.41) is 51.9. The summed E-state index contributed by atoms with van der Waals surface area (Å²) in [6.07, 6.45) is -5.18. The molecule has 0 amide bonds. The molecule has 0 aromatic heterocycles. The van der Waals surface area contributed by atoms with Gasteiger partial charge in [0.05, 0.1) is 18.4 Å². The van der Waals surface area contributed by atoms with Gasteiger partial charge in [0.15, 0.2) is 6.04 Å². The molecular formula is C15H20N2O8. The zero-order valence-corrected chi connectivity index (χ0v) is 13.2. The molecule has 1 heterocycles. The zero-order valence-electron chi connectivity index (χ0n) is 13.2. The first-order valence-electron chi connectivity index (χ1n) is 7.55. The average Bonchev–Trinajstić information content (AvgIpc) is 2.60. The van der Waals surface area contributed by atoms with Crippen molar-refractivity contribution in [2.24, 2.45) is 5.29 Å². The van der Waals surface area contributed by atoms with Gasteiger partial charge in [0.1, 0.15) is 18.3 Å². The maximum atomic E-state index is 11.5. The van der Waals surface area contributed by atoms with E-state index in [1.165, 1.54) is 0 Å². The monoisotopic (exact) mass is 356 g/mol.